The van der Waals surface area contributed by atoms with Crippen molar-refractivity contribution in [3.05, 3.63) is 22.7 Å². The van der Waals surface area contributed by atoms with Crippen molar-refractivity contribution >= 4 is 37.7 Å². The van der Waals surface area contributed by atoms with Crippen LogP contribution in [0.25, 0.3) is 0 Å². The highest BCUT2D eigenvalue weighted by Gasteiger charge is 2.17. The van der Waals surface area contributed by atoms with Crippen LogP contribution < -0.4 is 21.5 Å². The Morgan fingerprint density at radius 2 is 2.00 bits per heavy atom. The lowest BCUT2D eigenvalue weighted by molar-refractivity contribution is 0.249. The molecule has 0 saturated carbocycles. The molecule has 1 rings (SSSR count). The third-order valence-corrected chi connectivity index (χ3v) is 3.99. The number of anilines is 1. The van der Waals surface area contributed by atoms with Gasteiger partial charge in [-0.2, -0.15) is 0 Å². The average molecular weight is 337 g/mol. The van der Waals surface area contributed by atoms with Crippen LogP contribution in [0.1, 0.15) is 0 Å². The standard InChI is InChI=1S/C9H13BrN4O3S/c10-6-1-2-7(11)8(5-6)18(16,17)14-4-3-13-9(12)15/h1-2,5,14H,3-4,11H2,(H3,12,13,15). The number of halogens is 1. The summed E-state index contributed by atoms with van der Waals surface area (Å²) in [5.74, 6) is 0. The third-order valence-electron chi connectivity index (χ3n) is 1.98. The molecule has 0 aliphatic carbocycles. The minimum atomic E-state index is -3.71. The molecule has 0 aromatic heterocycles. The van der Waals surface area contributed by atoms with E-state index < -0.39 is 16.1 Å². The molecule has 0 aliphatic rings. The number of hydrogen-bond acceptors (Lipinski definition) is 4. The van der Waals surface area contributed by atoms with Crippen LogP contribution in [0.4, 0.5) is 10.5 Å². The van der Waals surface area contributed by atoms with Crippen molar-refractivity contribution in [1.29, 1.82) is 0 Å². The molecule has 0 heterocycles. The molecular formula is C9H13BrN4O3S. The monoisotopic (exact) mass is 336 g/mol. The van der Waals surface area contributed by atoms with Crippen molar-refractivity contribution in [3.63, 3.8) is 0 Å². The maximum atomic E-state index is 11.9. The van der Waals surface area contributed by atoms with Crippen LogP contribution in [0.2, 0.25) is 0 Å². The van der Waals surface area contributed by atoms with E-state index in [1.165, 1.54) is 12.1 Å². The molecular weight excluding hydrogens is 324 g/mol. The fourth-order valence-corrected chi connectivity index (χ4v) is 2.89. The molecule has 1 aromatic carbocycles. The summed E-state index contributed by atoms with van der Waals surface area (Å²) in [6.45, 7) is 0.125. The van der Waals surface area contributed by atoms with Crippen LogP contribution in [0.5, 0.6) is 0 Å². The van der Waals surface area contributed by atoms with Crippen molar-refractivity contribution in [1.82, 2.24) is 10.0 Å². The number of nitrogens with two attached hydrogens (primary N) is 2. The van der Waals surface area contributed by atoms with Crippen molar-refractivity contribution < 1.29 is 13.2 Å². The lowest BCUT2D eigenvalue weighted by Crippen LogP contribution is -2.37. The number of urea groups is 1. The van der Waals surface area contributed by atoms with Crippen LogP contribution in [0, 0.1) is 0 Å². The third kappa shape index (κ3) is 4.17. The highest BCUT2D eigenvalue weighted by atomic mass is 79.9. The van der Waals surface area contributed by atoms with Gasteiger partial charge in [-0.05, 0) is 18.2 Å². The van der Waals surface area contributed by atoms with E-state index in [0.717, 1.165) is 0 Å². The largest absolute Gasteiger partial charge is 0.398 e. The second kappa shape index (κ2) is 6.03. The number of amides is 2. The van der Waals surface area contributed by atoms with Gasteiger partial charge in [-0.1, -0.05) is 15.9 Å². The fourth-order valence-electron chi connectivity index (χ4n) is 1.19. The van der Waals surface area contributed by atoms with Crippen LogP contribution in [0.15, 0.2) is 27.6 Å². The van der Waals surface area contributed by atoms with Gasteiger partial charge in [-0.3, -0.25) is 0 Å². The Kier molecular flexibility index (Phi) is 4.93. The van der Waals surface area contributed by atoms with E-state index in [1.54, 1.807) is 6.07 Å². The van der Waals surface area contributed by atoms with Crippen LogP contribution >= 0.6 is 15.9 Å². The number of primary amides is 1. The Labute approximate surface area is 113 Å². The molecule has 6 N–H and O–H groups in total. The van der Waals surface area contributed by atoms with E-state index in [2.05, 4.69) is 26.0 Å². The molecule has 0 fully saturated rings. The molecule has 0 aliphatic heterocycles. The Balaban J connectivity index is 2.74. The molecule has 1 aromatic rings. The molecule has 0 spiro atoms. The lowest BCUT2D eigenvalue weighted by Gasteiger charge is -2.09. The van der Waals surface area contributed by atoms with Gasteiger partial charge in [0.15, 0.2) is 0 Å². The van der Waals surface area contributed by atoms with E-state index in [-0.39, 0.29) is 23.7 Å². The zero-order valence-electron chi connectivity index (χ0n) is 9.31. The summed E-state index contributed by atoms with van der Waals surface area (Å²) in [7, 11) is -3.71. The highest BCUT2D eigenvalue weighted by molar-refractivity contribution is 9.10. The van der Waals surface area contributed by atoms with Crippen LogP contribution in [-0.4, -0.2) is 27.5 Å². The number of carbonyl (C=O) groups excluding carboxylic acids is 1. The molecule has 0 atom stereocenters. The second-order valence-corrected chi connectivity index (χ2v) is 6.02. The number of rotatable bonds is 5. The SMILES string of the molecule is NC(=O)NCCNS(=O)(=O)c1cc(Br)ccc1N. The molecule has 100 valence electrons. The Morgan fingerprint density at radius 1 is 1.33 bits per heavy atom. The molecule has 0 bridgehead atoms. The average Bonchev–Trinajstić information content (AvgIpc) is 2.27. The molecule has 9 heteroatoms. The summed E-state index contributed by atoms with van der Waals surface area (Å²) in [4.78, 5) is 10.4. The number of hydrogen-bond donors (Lipinski definition) is 4. The van der Waals surface area contributed by atoms with Crippen molar-refractivity contribution in [2.45, 2.75) is 4.90 Å². The Morgan fingerprint density at radius 3 is 2.61 bits per heavy atom. The fraction of sp³-hybridized carbons (Fsp3) is 0.222. The Bertz CT molecular complexity index is 547. The van der Waals surface area contributed by atoms with Gasteiger partial charge in [0.05, 0.1) is 5.69 Å². The number of benzene rings is 1. The van der Waals surface area contributed by atoms with Gasteiger partial charge >= 0.3 is 6.03 Å². The zero-order valence-corrected chi connectivity index (χ0v) is 11.7. The summed E-state index contributed by atoms with van der Waals surface area (Å²) in [6, 6.07) is 3.82. The predicted octanol–water partition coefficient (Wildman–Crippen LogP) is -0.0221. The number of carbonyl (C=O) groups is 1. The summed E-state index contributed by atoms with van der Waals surface area (Å²) >= 11 is 3.17. The first-order valence-corrected chi connectivity index (χ1v) is 7.18. The first kappa shape index (κ1) is 14.7. The minimum absolute atomic E-state index is 0.0176. The van der Waals surface area contributed by atoms with Gasteiger partial charge in [0.1, 0.15) is 4.90 Å². The van der Waals surface area contributed by atoms with E-state index in [1.807, 2.05) is 0 Å². The Hall–Kier alpha value is -1.32. The number of nitrogens with one attached hydrogen (secondary N) is 2. The smallest absolute Gasteiger partial charge is 0.312 e. The van der Waals surface area contributed by atoms with Crippen LogP contribution in [0.3, 0.4) is 0 Å². The van der Waals surface area contributed by atoms with Crippen molar-refractivity contribution in [2.24, 2.45) is 5.73 Å². The summed E-state index contributed by atoms with van der Waals surface area (Å²) in [5, 5.41) is 2.27. The zero-order chi connectivity index (χ0) is 13.8. The maximum absolute atomic E-state index is 11.9. The number of nitrogen functional groups attached to an aromatic ring is 1. The summed E-state index contributed by atoms with van der Waals surface area (Å²) in [6.07, 6.45) is 0. The van der Waals surface area contributed by atoms with Gasteiger partial charge in [0.25, 0.3) is 0 Å². The topological polar surface area (TPSA) is 127 Å². The minimum Gasteiger partial charge on any atom is -0.398 e. The van der Waals surface area contributed by atoms with Gasteiger partial charge in [-0.15, -0.1) is 0 Å². The summed E-state index contributed by atoms with van der Waals surface area (Å²) in [5.41, 5.74) is 10.6. The van der Waals surface area contributed by atoms with Crippen molar-refractivity contribution in [2.75, 3.05) is 18.8 Å². The van der Waals surface area contributed by atoms with Crippen molar-refractivity contribution in [3.8, 4) is 0 Å². The quantitative estimate of drug-likeness (QED) is 0.445. The molecule has 2 amide bonds. The molecule has 7 nitrogen and oxygen atoms in total. The van der Waals surface area contributed by atoms with Gasteiger partial charge < -0.3 is 16.8 Å². The molecule has 0 unspecified atom stereocenters. The summed E-state index contributed by atoms with van der Waals surface area (Å²) < 4.78 is 26.7. The molecule has 0 saturated heterocycles. The van der Waals surface area contributed by atoms with Gasteiger partial charge in [0.2, 0.25) is 10.0 Å². The molecule has 18 heavy (non-hydrogen) atoms. The van der Waals surface area contributed by atoms with E-state index in [0.29, 0.717) is 4.47 Å². The van der Waals surface area contributed by atoms with Gasteiger partial charge in [0, 0.05) is 17.6 Å². The first-order chi connectivity index (χ1) is 8.33. The predicted molar refractivity (Wildman–Crippen MR) is 71.3 cm³/mol. The molecule has 0 radical (unpaired) electrons. The van der Waals surface area contributed by atoms with E-state index in [4.69, 9.17) is 11.5 Å². The van der Waals surface area contributed by atoms with Crippen LogP contribution in [-0.2, 0) is 10.0 Å². The van der Waals surface area contributed by atoms with Gasteiger partial charge in [-0.25, -0.2) is 17.9 Å². The highest BCUT2D eigenvalue weighted by Crippen LogP contribution is 2.22. The number of sulfonamides is 1. The maximum Gasteiger partial charge on any atom is 0.312 e. The second-order valence-electron chi connectivity index (χ2n) is 3.37. The van der Waals surface area contributed by atoms with E-state index >= 15 is 0 Å². The first-order valence-electron chi connectivity index (χ1n) is 4.91. The lowest BCUT2D eigenvalue weighted by atomic mass is 10.3. The van der Waals surface area contributed by atoms with E-state index in [9.17, 15) is 13.2 Å². The normalized spacial score (nSPS) is 11.2.